The summed E-state index contributed by atoms with van der Waals surface area (Å²) in [4.78, 5) is 7.77. The molecule has 3 rings (SSSR count). The maximum atomic E-state index is 5.57. The molecule has 19 heavy (non-hydrogen) atoms. The molecule has 0 unspecified atom stereocenters. The van der Waals surface area contributed by atoms with Gasteiger partial charge in [0.15, 0.2) is 0 Å². The number of nitrogens with zero attached hydrogens (tertiary/aromatic N) is 2. The molecule has 2 heterocycles. The molecule has 0 amide bonds. The van der Waals surface area contributed by atoms with E-state index in [0.717, 1.165) is 17.9 Å². The number of benzene rings is 1. The number of imidazole rings is 1. The normalized spacial score (nSPS) is 11.3. The first-order valence-electron chi connectivity index (χ1n) is 6.50. The molecule has 98 valence electrons. The largest absolute Gasteiger partial charge is 0.347 e. The average Bonchev–Trinajstić information content (AvgIpc) is 2.96. The van der Waals surface area contributed by atoms with E-state index in [9.17, 15) is 0 Å². The number of aromatic amines is 1. The van der Waals surface area contributed by atoms with E-state index in [0.29, 0.717) is 6.54 Å². The van der Waals surface area contributed by atoms with Crippen LogP contribution in [-0.2, 0) is 13.5 Å². The number of para-hydroxylation sites is 1. The van der Waals surface area contributed by atoms with Gasteiger partial charge in [-0.15, -0.1) is 0 Å². The van der Waals surface area contributed by atoms with Crippen LogP contribution in [0.2, 0.25) is 0 Å². The van der Waals surface area contributed by atoms with Crippen LogP contribution >= 0.6 is 0 Å². The van der Waals surface area contributed by atoms with Crippen LogP contribution in [-0.4, -0.2) is 21.1 Å². The molecule has 3 N–H and O–H groups in total. The fraction of sp³-hybridized carbons (Fsp3) is 0.267. The van der Waals surface area contributed by atoms with E-state index >= 15 is 0 Å². The molecule has 0 aliphatic rings. The molecule has 0 bridgehead atoms. The van der Waals surface area contributed by atoms with E-state index in [2.05, 4.69) is 52.8 Å². The highest BCUT2D eigenvalue weighted by Crippen LogP contribution is 2.32. The van der Waals surface area contributed by atoms with Crippen molar-refractivity contribution < 1.29 is 0 Å². The Kier molecular flexibility index (Phi) is 2.87. The van der Waals surface area contributed by atoms with E-state index in [1.54, 1.807) is 0 Å². The minimum absolute atomic E-state index is 0.613. The number of rotatable bonds is 3. The van der Waals surface area contributed by atoms with Gasteiger partial charge in [0.25, 0.3) is 0 Å². The van der Waals surface area contributed by atoms with Crippen molar-refractivity contribution in [1.29, 1.82) is 0 Å². The second-order valence-electron chi connectivity index (χ2n) is 4.82. The van der Waals surface area contributed by atoms with Gasteiger partial charge in [-0.05, 0) is 19.5 Å². The molecule has 2 aromatic heterocycles. The summed E-state index contributed by atoms with van der Waals surface area (Å²) in [6.45, 7) is 2.75. The number of H-pyrrole nitrogens is 1. The third-order valence-electron chi connectivity index (χ3n) is 3.68. The van der Waals surface area contributed by atoms with Crippen molar-refractivity contribution in [2.24, 2.45) is 12.8 Å². The monoisotopic (exact) mass is 254 g/mol. The van der Waals surface area contributed by atoms with E-state index in [1.807, 2.05) is 6.20 Å². The fourth-order valence-electron chi connectivity index (χ4n) is 2.61. The Balaban J connectivity index is 2.21. The zero-order valence-electron chi connectivity index (χ0n) is 11.3. The van der Waals surface area contributed by atoms with Gasteiger partial charge in [-0.1, -0.05) is 18.2 Å². The van der Waals surface area contributed by atoms with Gasteiger partial charge < -0.3 is 15.3 Å². The molecule has 0 spiro atoms. The van der Waals surface area contributed by atoms with Crippen LogP contribution in [0.4, 0.5) is 0 Å². The summed E-state index contributed by atoms with van der Waals surface area (Å²) < 4.78 is 2.22. The SMILES string of the molecule is Cc1c(-c2cnc(CCN)[nH]2)c2ccccc2n1C. The Morgan fingerprint density at radius 3 is 2.89 bits per heavy atom. The van der Waals surface area contributed by atoms with Gasteiger partial charge in [0.05, 0.1) is 11.9 Å². The first-order valence-corrected chi connectivity index (χ1v) is 6.50. The van der Waals surface area contributed by atoms with Crippen molar-refractivity contribution in [1.82, 2.24) is 14.5 Å². The minimum Gasteiger partial charge on any atom is -0.347 e. The molecule has 0 aliphatic carbocycles. The standard InChI is InChI=1S/C15H18N4/c1-10-15(12-9-17-14(18-12)7-8-16)11-5-3-4-6-13(11)19(10)2/h3-6,9H,7-8,16H2,1-2H3,(H,17,18). The third-order valence-corrected chi connectivity index (χ3v) is 3.68. The van der Waals surface area contributed by atoms with Crippen LogP contribution in [0.1, 0.15) is 11.5 Å². The van der Waals surface area contributed by atoms with Gasteiger partial charge in [0, 0.05) is 35.6 Å². The number of nitrogens with one attached hydrogen (secondary N) is 1. The van der Waals surface area contributed by atoms with Gasteiger partial charge >= 0.3 is 0 Å². The molecule has 0 radical (unpaired) electrons. The summed E-state index contributed by atoms with van der Waals surface area (Å²) in [6.07, 6.45) is 2.68. The van der Waals surface area contributed by atoms with Crippen LogP contribution in [0.3, 0.4) is 0 Å². The second kappa shape index (κ2) is 4.55. The number of hydrogen-bond donors (Lipinski definition) is 2. The lowest BCUT2D eigenvalue weighted by Crippen LogP contribution is -2.03. The number of fused-ring (bicyclic) bond motifs is 1. The summed E-state index contributed by atoms with van der Waals surface area (Å²) >= 11 is 0. The predicted molar refractivity (Wildman–Crippen MR) is 78.0 cm³/mol. The van der Waals surface area contributed by atoms with Crippen LogP contribution in [0.25, 0.3) is 22.2 Å². The maximum Gasteiger partial charge on any atom is 0.107 e. The lowest BCUT2D eigenvalue weighted by Gasteiger charge is -1.99. The van der Waals surface area contributed by atoms with Crippen molar-refractivity contribution in [3.8, 4) is 11.3 Å². The molecular weight excluding hydrogens is 236 g/mol. The highest BCUT2D eigenvalue weighted by Gasteiger charge is 2.14. The maximum absolute atomic E-state index is 5.57. The van der Waals surface area contributed by atoms with Crippen LogP contribution < -0.4 is 5.73 Å². The van der Waals surface area contributed by atoms with E-state index in [1.165, 1.54) is 22.2 Å². The summed E-state index contributed by atoms with van der Waals surface area (Å²) in [5.74, 6) is 0.949. The van der Waals surface area contributed by atoms with Gasteiger partial charge in [0.2, 0.25) is 0 Å². The first-order chi connectivity index (χ1) is 9.22. The topological polar surface area (TPSA) is 59.6 Å². The fourth-order valence-corrected chi connectivity index (χ4v) is 2.61. The van der Waals surface area contributed by atoms with Crippen molar-refractivity contribution >= 4 is 10.9 Å². The summed E-state index contributed by atoms with van der Waals surface area (Å²) in [5, 5.41) is 1.26. The smallest absolute Gasteiger partial charge is 0.107 e. The molecular formula is C15H18N4. The van der Waals surface area contributed by atoms with Crippen LogP contribution in [0, 0.1) is 6.92 Å². The second-order valence-corrected chi connectivity index (χ2v) is 4.82. The average molecular weight is 254 g/mol. The molecule has 0 saturated carbocycles. The summed E-state index contributed by atoms with van der Waals surface area (Å²) in [5.41, 5.74) is 10.3. The molecule has 3 aromatic rings. The molecule has 1 aromatic carbocycles. The van der Waals surface area contributed by atoms with E-state index < -0.39 is 0 Å². The predicted octanol–water partition coefficient (Wildman–Crippen LogP) is 2.38. The molecule has 0 saturated heterocycles. The number of aromatic nitrogens is 3. The van der Waals surface area contributed by atoms with Gasteiger partial charge in [-0.25, -0.2) is 4.98 Å². The van der Waals surface area contributed by atoms with Crippen LogP contribution in [0.15, 0.2) is 30.5 Å². The molecule has 4 heteroatoms. The summed E-state index contributed by atoms with van der Waals surface area (Å²) in [6, 6.07) is 8.44. The third kappa shape index (κ3) is 1.85. The van der Waals surface area contributed by atoms with Crippen LogP contribution in [0.5, 0.6) is 0 Å². The first kappa shape index (κ1) is 12.0. The quantitative estimate of drug-likeness (QED) is 0.754. The molecule has 0 fully saturated rings. The highest BCUT2D eigenvalue weighted by molar-refractivity contribution is 5.97. The van der Waals surface area contributed by atoms with Crippen molar-refractivity contribution in [3.05, 3.63) is 42.0 Å². The Labute approximate surface area is 112 Å². The zero-order valence-corrected chi connectivity index (χ0v) is 11.3. The Morgan fingerprint density at radius 2 is 2.11 bits per heavy atom. The summed E-state index contributed by atoms with van der Waals surface area (Å²) in [7, 11) is 2.10. The van der Waals surface area contributed by atoms with Gasteiger partial charge in [0.1, 0.15) is 5.82 Å². The Bertz CT molecular complexity index is 721. The molecule has 0 atom stereocenters. The number of hydrogen-bond acceptors (Lipinski definition) is 2. The van der Waals surface area contributed by atoms with E-state index in [4.69, 9.17) is 5.73 Å². The van der Waals surface area contributed by atoms with Crippen molar-refractivity contribution in [2.45, 2.75) is 13.3 Å². The highest BCUT2D eigenvalue weighted by atomic mass is 15.0. The van der Waals surface area contributed by atoms with Gasteiger partial charge in [-0.2, -0.15) is 0 Å². The lowest BCUT2D eigenvalue weighted by molar-refractivity contribution is 0.894. The Hall–Kier alpha value is -2.07. The Morgan fingerprint density at radius 1 is 1.32 bits per heavy atom. The number of nitrogens with two attached hydrogens (primary N) is 1. The zero-order chi connectivity index (χ0) is 13.4. The molecule has 0 aliphatic heterocycles. The molecule has 4 nitrogen and oxygen atoms in total. The van der Waals surface area contributed by atoms with Crippen molar-refractivity contribution in [2.75, 3.05) is 6.54 Å². The minimum atomic E-state index is 0.613. The number of aryl methyl sites for hydroxylation is 1. The van der Waals surface area contributed by atoms with Crippen molar-refractivity contribution in [3.63, 3.8) is 0 Å². The lowest BCUT2D eigenvalue weighted by atomic mass is 10.1. The van der Waals surface area contributed by atoms with E-state index in [-0.39, 0.29) is 0 Å². The van der Waals surface area contributed by atoms with Gasteiger partial charge in [-0.3, -0.25) is 0 Å².